The van der Waals surface area contributed by atoms with Crippen molar-refractivity contribution in [1.82, 2.24) is 5.32 Å². The van der Waals surface area contributed by atoms with Crippen LogP contribution in [0.4, 0.5) is 17.6 Å². The lowest BCUT2D eigenvalue weighted by Crippen LogP contribution is -2.35. The van der Waals surface area contributed by atoms with Crippen molar-refractivity contribution >= 4 is 11.4 Å². The van der Waals surface area contributed by atoms with Crippen LogP contribution in [0, 0.1) is 5.82 Å². The van der Waals surface area contributed by atoms with Gasteiger partial charge in [-0.2, -0.15) is 13.2 Å². The van der Waals surface area contributed by atoms with Gasteiger partial charge in [-0.25, -0.2) is 4.39 Å². The van der Waals surface area contributed by atoms with Gasteiger partial charge in [-0.15, -0.1) is 0 Å². The van der Waals surface area contributed by atoms with E-state index in [1.807, 2.05) is 0 Å². The SMILES string of the molecule is O=C1C(c2ccc(F)cc2)=C(NC2CC2)OC1C(F)(F)F. The predicted molar refractivity (Wildman–Crippen MR) is 65.4 cm³/mol. The normalized spacial score (nSPS) is 22.5. The Balaban J connectivity index is 1.98. The largest absolute Gasteiger partial charge is 0.457 e. The summed E-state index contributed by atoms with van der Waals surface area (Å²) >= 11 is 0. The van der Waals surface area contributed by atoms with Crippen molar-refractivity contribution in [2.24, 2.45) is 0 Å². The molecular weight excluding hydrogens is 290 g/mol. The van der Waals surface area contributed by atoms with Gasteiger partial charge in [-0.1, -0.05) is 12.1 Å². The molecule has 0 spiro atoms. The molecule has 3 rings (SSSR count). The topological polar surface area (TPSA) is 38.3 Å². The average Bonchev–Trinajstić information content (AvgIpc) is 3.14. The molecule has 1 saturated carbocycles. The van der Waals surface area contributed by atoms with Crippen LogP contribution in [0.15, 0.2) is 30.1 Å². The number of hydrogen-bond acceptors (Lipinski definition) is 3. The second-order valence-corrected chi connectivity index (χ2v) is 5.03. The van der Waals surface area contributed by atoms with Crippen LogP contribution in [0.3, 0.4) is 0 Å². The Hall–Kier alpha value is -2.05. The Morgan fingerprint density at radius 3 is 2.29 bits per heavy atom. The van der Waals surface area contributed by atoms with Gasteiger partial charge in [-0.3, -0.25) is 4.79 Å². The Morgan fingerprint density at radius 1 is 1.14 bits per heavy atom. The maximum atomic E-state index is 12.9. The number of ether oxygens (including phenoxy) is 1. The number of rotatable bonds is 3. The molecule has 3 nitrogen and oxygen atoms in total. The summed E-state index contributed by atoms with van der Waals surface area (Å²) in [6.45, 7) is 0. The molecule has 1 heterocycles. The molecular formula is C14H11F4NO2. The smallest absolute Gasteiger partial charge is 0.433 e. The van der Waals surface area contributed by atoms with Crippen molar-refractivity contribution in [3.63, 3.8) is 0 Å². The van der Waals surface area contributed by atoms with Gasteiger partial charge >= 0.3 is 6.18 Å². The van der Waals surface area contributed by atoms with Crippen LogP contribution in [0.2, 0.25) is 0 Å². The van der Waals surface area contributed by atoms with Crippen LogP contribution < -0.4 is 5.32 Å². The Bertz CT molecular complexity index is 602. The number of hydrogen-bond donors (Lipinski definition) is 1. The van der Waals surface area contributed by atoms with Gasteiger partial charge in [0.15, 0.2) is 5.88 Å². The zero-order valence-corrected chi connectivity index (χ0v) is 10.7. The van der Waals surface area contributed by atoms with E-state index < -0.39 is 23.9 Å². The van der Waals surface area contributed by atoms with Gasteiger partial charge in [0, 0.05) is 6.04 Å². The van der Waals surface area contributed by atoms with Crippen molar-refractivity contribution in [3.05, 3.63) is 41.5 Å². The molecule has 1 N–H and O–H groups in total. The van der Waals surface area contributed by atoms with E-state index >= 15 is 0 Å². The van der Waals surface area contributed by atoms with Gasteiger partial charge in [0.1, 0.15) is 5.82 Å². The van der Waals surface area contributed by atoms with Crippen molar-refractivity contribution in [1.29, 1.82) is 0 Å². The standard InChI is InChI=1S/C14H11F4NO2/c15-8-3-1-7(2-4-8)10-11(20)12(14(16,17)18)21-13(10)19-9-5-6-9/h1-4,9,12,19H,5-6H2. The number of ketones is 1. The lowest BCUT2D eigenvalue weighted by atomic mass is 10.0. The fourth-order valence-corrected chi connectivity index (χ4v) is 2.10. The molecule has 0 aromatic heterocycles. The molecule has 1 atom stereocenters. The van der Waals surface area contributed by atoms with Gasteiger partial charge < -0.3 is 10.1 Å². The molecule has 112 valence electrons. The third kappa shape index (κ3) is 2.72. The fourth-order valence-electron chi connectivity index (χ4n) is 2.10. The first kappa shape index (κ1) is 13.9. The number of carbonyl (C=O) groups excluding carboxylic acids is 1. The third-order valence-corrected chi connectivity index (χ3v) is 3.29. The molecule has 7 heteroatoms. The van der Waals surface area contributed by atoms with Gasteiger partial charge in [0.05, 0.1) is 5.57 Å². The first-order chi connectivity index (χ1) is 9.86. The van der Waals surface area contributed by atoms with E-state index in [0.29, 0.717) is 0 Å². The Kier molecular flexibility index (Phi) is 3.15. The van der Waals surface area contributed by atoms with Crippen molar-refractivity contribution in [2.75, 3.05) is 0 Å². The van der Waals surface area contributed by atoms with Crippen LogP contribution in [0.25, 0.3) is 5.57 Å². The lowest BCUT2D eigenvalue weighted by Gasteiger charge is -2.15. The summed E-state index contributed by atoms with van der Waals surface area (Å²) < 4.78 is 56.2. The zero-order valence-electron chi connectivity index (χ0n) is 10.7. The maximum absolute atomic E-state index is 12.9. The van der Waals surface area contributed by atoms with Gasteiger partial charge in [-0.05, 0) is 30.5 Å². The second kappa shape index (κ2) is 4.75. The minimum absolute atomic E-state index is 0.0234. The minimum Gasteiger partial charge on any atom is -0.457 e. The molecule has 0 bridgehead atoms. The first-order valence-electron chi connectivity index (χ1n) is 6.40. The number of alkyl halides is 3. The maximum Gasteiger partial charge on any atom is 0.433 e. The number of nitrogens with one attached hydrogen (secondary N) is 1. The van der Waals surface area contributed by atoms with E-state index in [9.17, 15) is 22.4 Å². The molecule has 1 fully saturated rings. The van der Waals surface area contributed by atoms with Crippen molar-refractivity contribution in [3.8, 4) is 0 Å². The highest BCUT2D eigenvalue weighted by Crippen LogP contribution is 2.38. The fraction of sp³-hybridized carbons (Fsp3) is 0.357. The van der Waals surface area contributed by atoms with Gasteiger partial charge in [0.25, 0.3) is 6.10 Å². The van der Waals surface area contributed by atoms with Crippen LogP contribution in [-0.2, 0) is 9.53 Å². The van der Waals surface area contributed by atoms with Crippen LogP contribution in [0.5, 0.6) is 0 Å². The minimum atomic E-state index is -4.78. The van der Waals surface area contributed by atoms with Gasteiger partial charge in [0.2, 0.25) is 5.78 Å². The molecule has 21 heavy (non-hydrogen) atoms. The molecule has 1 aromatic rings. The molecule has 0 saturated heterocycles. The molecule has 1 aliphatic carbocycles. The molecule has 0 radical (unpaired) electrons. The van der Waals surface area contributed by atoms with E-state index in [0.717, 1.165) is 25.0 Å². The molecule has 1 aliphatic heterocycles. The van der Waals surface area contributed by atoms with Crippen LogP contribution in [0.1, 0.15) is 18.4 Å². The summed E-state index contributed by atoms with van der Waals surface area (Å²) in [7, 11) is 0. The highest BCUT2D eigenvalue weighted by Gasteiger charge is 2.53. The van der Waals surface area contributed by atoms with Crippen LogP contribution in [-0.4, -0.2) is 24.1 Å². The summed E-state index contributed by atoms with van der Waals surface area (Å²) in [5.74, 6) is -1.86. The lowest BCUT2D eigenvalue weighted by molar-refractivity contribution is -0.202. The third-order valence-electron chi connectivity index (χ3n) is 3.29. The monoisotopic (exact) mass is 301 g/mol. The Morgan fingerprint density at radius 2 is 1.76 bits per heavy atom. The summed E-state index contributed by atoms with van der Waals surface area (Å²) in [4.78, 5) is 12.0. The highest BCUT2D eigenvalue weighted by atomic mass is 19.4. The summed E-state index contributed by atoms with van der Waals surface area (Å²) in [6.07, 6.45) is -5.66. The average molecular weight is 301 g/mol. The molecule has 1 unspecified atom stereocenters. The highest BCUT2D eigenvalue weighted by molar-refractivity contribution is 6.25. The van der Waals surface area contributed by atoms with Crippen LogP contribution >= 0.6 is 0 Å². The van der Waals surface area contributed by atoms with E-state index in [4.69, 9.17) is 4.74 Å². The predicted octanol–water partition coefficient (Wildman–Crippen LogP) is 2.78. The van der Waals surface area contributed by atoms with E-state index in [2.05, 4.69) is 5.32 Å². The quantitative estimate of drug-likeness (QED) is 0.873. The number of benzene rings is 1. The Labute approximate surface area is 117 Å². The number of carbonyl (C=O) groups is 1. The molecule has 2 aliphatic rings. The van der Waals surface area contributed by atoms with Crippen molar-refractivity contribution in [2.45, 2.75) is 31.2 Å². The van der Waals surface area contributed by atoms with E-state index in [1.54, 1.807) is 0 Å². The number of halogens is 4. The zero-order chi connectivity index (χ0) is 15.2. The molecule has 1 aromatic carbocycles. The number of Topliss-reactive ketones (excluding diaryl/α,β-unsaturated/α-hetero) is 1. The first-order valence-corrected chi connectivity index (χ1v) is 6.40. The van der Waals surface area contributed by atoms with E-state index in [-0.39, 0.29) is 23.1 Å². The summed E-state index contributed by atoms with van der Waals surface area (Å²) in [5.41, 5.74) is 0.0283. The summed E-state index contributed by atoms with van der Waals surface area (Å²) in [5, 5.41) is 2.79. The van der Waals surface area contributed by atoms with E-state index in [1.165, 1.54) is 12.1 Å². The summed E-state index contributed by atoms with van der Waals surface area (Å²) in [6, 6.07) is 4.73. The molecule has 0 amide bonds. The van der Waals surface area contributed by atoms with Crippen molar-refractivity contribution < 1.29 is 27.1 Å². The second-order valence-electron chi connectivity index (χ2n) is 5.03.